The van der Waals surface area contributed by atoms with Crippen molar-refractivity contribution in [3.05, 3.63) is 30.2 Å². The second kappa shape index (κ2) is 8.09. The minimum atomic E-state index is -0.630. The molecule has 0 bridgehead atoms. The average Bonchev–Trinajstić information content (AvgIpc) is 3.06. The number of rotatable bonds is 6. The summed E-state index contributed by atoms with van der Waals surface area (Å²) in [5, 5.41) is 6.96. The minimum absolute atomic E-state index is 0.300. The maximum absolute atomic E-state index is 12.7. The van der Waals surface area contributed by atoms with Crippen LogP contribution in [0, 0.1) is 5.92 Å². The zero-order valence-corrected chi connectivity index (χ0v) is 14.5. The van der Waals surface area contributed by atoms with E-state index in [1.165, 1.54) is 30.0 Å². The second-order valence-corrected chi connectivity index (χ2v) is 6.46. The third-order valence-electron chi connectivity index (χ3n) is 4.69. The first-order valence-electron chi connectivity index (χ1n) is 8.95. The molecule has 0 aliphatic heterocycles. The summed E-state index contributed by atoms with van der Waals surface area (Å²) >= 11 is 0. The van der Waals surface area contributed by atoms with E-state index in [4.69, 9.17) is 4.74 Å². The van der Waals surface area contributed by atoms with E-state index in [0.29, 0.717) is 30.2 Å². The summed E-state index contributed by atoms with van der Waals surface area (Å²) in [5.41, 5.74) is 0.832. The van der Waals surface area contributed by atoms with Crippen LogP contribution in [-0.2, 0) is 9.53 Å². The molecule has 0 saturated heterocycles. The van der Waals surface area contributed by atoms with Gasteiger partial charge in [0.25, 0.3) is 5.91 Å². The van der Waals surface area contributed by atoms with E-state index >= 15 is 0 Å². The highest BCUT2D eigenvalue weighted by Gasteiger charge is 2.28. The predicted octanol–water partition coefficient (Wildman–Crippen LogP) is 2.36. The minimum Gasteiger partial charge on any atom is -0.464 e. The summed E-state index contributed by atoms with van der Waals surface area (Å²) in [7, 11) is 0. The van der Waals surface area contributed by atoms with Crippen molar-refractivity contribution >= 4 is 17.5 Å². The van der Waals surface area contributed by atoms with Crippen LogP contribution < -0.4 is 5.32 Å². The largest absolute Gasteiger partial charge is 0.464 e. The number of nitrogens with zero attached hydrogens (tertiary/aromatic N) is 3. The van der Waals surface area contributed by atoms with Gasteiger partial charge in [0.2, 0.25) is 0 Å². The average molecular weight is 344 g/mol. The molecule has 1 amide bonds. The fourth-order valence-corrected chi connectivity index (χ4v) is 3.44. The van der Waals surface area contributed by atoms with Gasteiger partial charge in [-0.15, -0.1) is 0 Å². The van der Waals surface area contributed by atoms with E-state index in [1.807, 2.05) is 0 Å². The summed E-state index contributed by atoms with van der Waals surface area (Å²) in [6.45, 7) is 2.07. The van der Waals surface area contributed by atoms with E-state index in [-0.39, 0.29) is 11.9 Å². The molecule has 1 fully saturated rings. The number of aromatic nitrogens is 3. The molecule has 2 heterocycles. The Bertz CT molecular complexity index is 737. The van der Waals surface area contributed by atoms with Crippen LogP contribution in [0.15, 0.2) is 24.7 Å². The maximum Gasteiger partial charge on any atom is 0.328 e. The van der Waals surface area contributed by atoms with Gasteiger partial charge in [0.05, 0.1) is 12.8 Å². The number of hydrogen-bond donors (Lipinski definition) is 1. The fourth-order valence-electron chi connectivity index (χ4n) is 3.44. The molecule has 2 aromatic heterocycles. The number of hydrogen-bond acceptors (Lipinski definition) is 5. The van der Waals surface area contributed by atoms with Gasteiger partial charge in [-0.3, -0.25) is 4.79 Å². The number of nitrogens with one attached hydrogen (secondary N) is 1. The van der Waals surface area contributed by atoms with Crippen LogP contribution in [0.1, 0.15) is 55.8 Å². The van der Waals surface area contributed by atoms with Crippen molar-refractivity contribution in [1.82, 2.24) is 19.9 Å². The third-order valence-corrected chi connectivity index (χ3v) is 4.69. The van der Waals surface area contributed by atoms with Gasteiger partial charge in [-0.05, 0) is 25.3 Å². The van der Waals surface area contributed by atoms with Gasteiger partial charge < -0.3 is 10.1 Å². The van der Waals surface area contributed by atoms with Crippen LogP contribution in [0.3, 0.4) is 0 Å². The zero-order valence-electron chi connectivity index (χ0n) is 14.5. The smallest absolute Gasteiger partial charge is 0.328 e. The molecule has 134 valence electrons. The van der Waals surface area contributed by atoms with Crippen LogP contribution >= 0.6 is 0 Å². The first kappa shape index (κ1) is 17.4. The van der Waals surface area contributed by atoms with Crippen LogP contribution in [0.4, 0.5) is 0 Å². The highest BCUT2D eigenvalue weighted by molar-refractivity contribution is 6.01. The van der Waals surface area contributed by atoms with Crippen LogP contribution in [0.25, 0.3) is 5.65 Å². The first-order chi connectivity index (χ1) is 12.2. The van der Waals surface area contributed by atoms with Crippen LogP contribution in [-0.4, -0.2) is 39.1 Å². The molecule has 2 aromatic rings. The molecular formula is C18H24N4O3. The normalized spacial score (nSPS) is 16.5. The fraction of sp³-hybridized carbons (Fsp3) is 0.556. The molecule has 1 atom stereocenters. The summed E-state index contributed by atoms with van der Waals surface area (Å²) in [6.07, 6.45) is 11.3. The molecule has 7 nitrogen and oxygen atoms in total. The molecule has 0 unspecified atom stereocenters. The van der Waals surface area contributed by atoms with Crippen LogP contribution in [0.5, 0.6) is 0 Å². The topological polar surface area (TPSA) is 85.6 Å². The Morgan fingerprint density at radius 2 is 2.16 bits per heavy atom. The lowest BCUT2D eigenvalue weighted by Gasteiger charge is -2.26. The van der Waals surface area contributed by atoms with E-state index in [9.17, 15) is 9.59 Å². The summed E-state index contributed by atoms with van der Waals surface area (Å²) < 4.78 is 6.70. The van der Waals surface area contributed by atoms with E-state index in [1.54, 1.807) is 25.4 Å². The Morgan fingerprint density at radius 1 is 1.36 bits per heavy atom. The van der Waals surface area contributed by atoms with Gasteiger partial charge in [-0.2, -0.15) is 5.10 Å². The summed E-state index contributed by atoms with van der Waals surface area (Å²) in [6, 6.07) is 1.11. The number of ether oxygens (including phenoxy) is 1. The third kappa shape index (κ3) is 4.15. The zero-order chi connectivity index (χ0) is 17.6. The van der Waals surface area contributed by atoms with Gasteiger partial charge in [-0.25, -0.2) is 14.3 Å². The predicted molar refractivity (Wildman–Crippen MR) is 92.1 cm³/mol. The Hall–Kier alpha value is -2.44. The van der Waals surface area contributed by atoms with Gasteiger partial charge in [0.15, 0.2) is 5.65 Å². The van der Waals surface area contributed by atoms with Gasteiger partial charge in [-0.1, -0.05) is 32.1 Å². The monoisotopic (exact) mass is 344 g/mol. The van der Waals surface area contributed by atoms with E-state index < -0.39 is 6.04 Å². The molecule has 1 aliphatic carbocycles. The van der Waals surface area contributed by atoms with E-state index in [0.717, 1.165) is 12.8 Å². The Morgan fingerprint density at radius 3 is 2.92 bits per heavy atom. The van der Waals surface area contributed by atoms with Gasteiger partial charge in [0.1, 0.15) is 11.6 Å². The molecule has 25 heavy (non-hydrogen) atoms. The molecule has 0 radical (unpaired) electrons. The van der Waals surface area contributed by atoms with Crippen molar-refractivity contribution in [2.75, 3.05) is 6.61 Å². The standard InChI is InChI=1S/C18H24N4O3/c1-2-25-18(24)15(11-13-7-4-3-5-8-13)21-17(23)14-12-20-22-10-6-9-19-16(14)22/h6,9-10,12-13,15H,2-5,7-8,11H2,1H3,(H,21,23)/t15-/m0/s1. The SMILES string of the molecule is CCOC(=O)[C@H](CC1CCCCC1)NC(=O)c1cnn2cccnc12. The second-order valence-electron chi connectivity index (χ2n) is 6.46. The van der Waals surface area contributed by atoms with Gasteiger partial charge in [0, 0.05) is 12.4 Å². The van der Waals surface area contributed by atoms with Crippen molar-refractivity contribution in [1.29, 1.82) is 0 Å². The number of carbonyl (C=O) groups is 2. The Balaban J connectivity index is 1.73. The quantitative estimate of drug-likeness (QED) is 0.813. The molecule has 7 heteroatoms. The molecule has 3 rings (SSSR count). The van der Waals surface area contributed by atoms with Crippen LogP contribution in [0.2, 0.25) is 0 Å². The van der Waals surface area contributed by atoms with E-state index in [2.05, 4.69) is 15.4 Å². The maximum atomic E-state index is 12.7. The highest BCUT2D eigenvalue weighted by Crippen LogP contribution is 2.27. The molecular weight excluding hydrogens is 320 g/mol. The van der Waals surface area contributed by atoms with Crippen molar-refractivity contribution in [2.45, 2.75) is 51.5 Å². The lowest BCUT2D eigenvalue weighted by molar-refractivity contribution is -0.146. The molecule has 0 spiro atoms. The number of amides is 1. The lowest BCUT2D eigenvalue weighted by atomic mass is 9.85. The Labute approximate surface area is 146 Å². The van der Waals surface area contributed by atoms with Crippen molar-refractivity contribution in [3.63, 3.8) is 0 Å². The van der Waals surface area contributed by atoms with Crippen molar-refractivity contribution < 1.29 is 14.3 Å². The molecule has 1 N–H and O–H groups in total. The number of esters is 1. The van der Waals surface area contributed by atoms with Crippen molar-refractivity contribution in [3.8, 4) is 0 Å². The first-order valence-corrected chi connectivity index (χ1v) is 8.95. The molecule has 0 aromatic carbocycles. The number of carbonyl (C=O) groups excluding carboxylic acids is 2. The molecule has 1 saturated carbocycles. The highest BCUT2D eigenvalue weighted by atomic mass is 16.5. The summed E-state index contributed by atoms with van der Waals surface area (Å²) in [5.74, 6) is -0.265. The summed E-state index contributed by atoms with van der Waals surface area (Å²) in [4.78, 5) is 29.2. The molecule has 1 aliphatic rings. The van der Waals surface area contributed by atoms with Gasteiger partial charge >= 0.3 is 5.97 Å². The number of fused-ring (bicyclic) bond motifs is 1. The van der Waals surface area contributed by atoms with Crippen molar-refractivity contribution in [2.24, 2.45) is 5.92 Å². The Kier molecular flexibility index (Phi) is 5.63. The lowest BCUT2D eigenvalue weighted by Crippen LogP contribution is -2.43.